The van der Waals surface area contributed by atoms with Crippen molar-refractivity contribution >= 4 is 27.7 Å². The second-order valence-electron chi connectivity index (χ2n) is 12.3. The van der Waals surface area contributed by atoms with Crippen LogP contribution in [0.2, 0.25) is 0 Å². The van der Waals surface area contributed by atoms with Crippen molar-refractivity contribution in [2.75, 3.05) is 11.4 Å². The first-order valence-corrected chi connectivity index (χ1v) is 15.7. The van der Waals surface area contributed by atoms with Crippen LogP contribution in [-0.4, -0.2) is 46.2 Å². The maximum absolute atomic E-state index is 14.4. The average Bonchev–Trinajstić information content (AvgIpc) is 3.24. The fourth-order valence-electron chi connectivity index (χ4n) is 6.54. The second kappa shape index (κ2) is 9.69. The summed E-state index contributed by atoms with van der Waals surface area (Å²) in [6.07, 6.45) is 2.48. The zero-order chi connectivity index (χ0) is 32.5. The van der Waals surface area contributed by atoms with Gasteiger partial charge in [0, 0.05) is 42.9 Å². The highest BCUT2D eigenvalue weighted by Gasteiger charge is 2.69. The molecule has 0 radical (unpaired) electrons. The molecular formula is C28H29F8N5O2S. The number of hydrogen-bond acceptors (Lipinski definition) is 5. The SMILES string of the molecule is CC1(C)C2CN(C#N)C(C(=O)N(c3ccc(S(F)(F)(F)(F)F)cc3)C(C(=O)NC3CCC(F)(F)CC3)c3cncc(F)c3)C21. The summed E-state index contributed by atoms with van der Waals surface area (Å²) in [7, 11) is -10.1. The molecule has 4 atom stereocenters. The molecule has 2 heterocycles. The third kappa shape index (κ3) is 6.02. The summed E-state index contributed by atoms with van der Waals surface area (Å²) in [5.41, 5.74) is -1.04. The van der Waals surface area contributed by atoms with Crippen LogP contribution in [0.5, 0.6) is 0 Å². The topological polar surface area (TPSA) is 89.3 Å². The monoisotopic (exact) mass is 651 g/mol. The smallest absolute Gasteiger partial charge is 0.310 e. The third-order valence-corrected chi connectivity index (χ3v) is 10.2. The van der Waals surface area contributed by atoms with Crippen molar-refractivity contribution in [1.82, 2.24) is 15.2 Å². The van der Waals surface area contributed by atoms with Gasteiger partial charge in [-0.3, -0.25) is 24.4 Å². The largest absolute Gasteiger partial charge is 0.351 e. The molecule has 2 aliphatic carbocycles. The molecular weight excluding hydrogens is 622 g/mol. The number of carbonyl (C=O) groups excluding carboxylic acids is 2. The minimum absolute atomic E-state index is 0.0831. The number of benzene rings is 1. The zero-order valence-corrected chi connectivity index (χ0v) is 24.3. The number of fused-ring (bicyclic) bond motifs is 1. The molecule has 1 aromatic carbocycles. The highest BCUT2D eigenvalue weighted by Crippen LogP contribution is 3.02. The van der Waals surface area contributed by atoms with E-state index in [9.17, 15) is 47.5 Å². The van der Waals surface area contributed by atoms with E-state index in [-0.39, 0.29) is 43.0 Å². The van der Waals surface area contributed by atoms with Crippen molar-refractivity contribution in [3.05, 3.63) is 54.1 Å². The first-order valence-electron chi connectivity index (χ1n) is 13.8. The number of nitrogens with zero attached hydrogens (tertiary/aromatic N) is 4. The van der Waals surface area contributed by atoms with E-state index in [1.165, 1.54) is 4.90 Å². The molecule has 1 aliphatic heterocycles. The van der Waals surface area contributed by atoms with Gasteiger partial charge in [0.05, 0.1) is 6.20 Å². The number of carbonyl (C=O) groups is 2. The van der Waals surface area contributed by atoms with Gasteiger partial charge in [-0.2, -0.15) is 5.26 Å². The molecule has 1 N–H and O–H groups in total. The Labute approximate surface area is 247 Å². The summed E-state index contributed by atoms with van der Waals surface area (Å²) in [6.45, 7) is 3.92. The van der Waals surface area contributed by atoms with E-state index in [4.69, 9.17) is 0 Å². The van der Waals surface area contributed by atoms with E-state index in [0.29, 0.717) is 12.1 Å². The summed E-state index contributed by atoms with van der Waals surface area (Å²) in [6, 6.07) is -1.54. The molecule has 2 amide bonds. The van der Waals surface area contributed by atoms with Gasteiger partial charge in [0.15, 0.2) is 6.19 Å². The van der Waals surface area contributed by atoms with E-state index >= 15 is 0 Å². The molecule has 0 bridgehead atoms. The van der Waals surface area contributed by atoms with E-state index < -0.39 is 86.7 Å². The number of pyridine rings is 1. The molecule has 4 unspecified atom stereocenters. The maximum atomic E-state index is 14.4. The number of aromatic nitrogens is 1. The number of anilines is 1. The van der Waals surface area contributed by atoms with Crippen LogP contribution in [0.3, 0.4) is 0 Å². The predicted molar refractivity (Wildman–Crippen MR) is 144 cm³/mol. The Morgan fingerprint density at radius 3 is 2.25 bits per heavy atom. The molecule has 2 aromatic rings. The minimum Gasteiger partial charge on any atom is -0.351 e. The molecule has 3 aliphatic rings. The minimum atomic E-state index is -10.1. The molecule has 7 nitrogen and oxygen atoms in total. The van der Waals surface area contributed by atoms with Gasteiger partial charge in [0.2, 0.25) is 11.8 Å². The summed E-state index contributed by atoms with van der Waals surface area (Å²) < 4.78 is 110. The highest BCUT2D eigenvalue weighted by molar-refractivity contribution is 8.45. The van der Waals surface area contributed by atoms with Gasteiger partial charge in [-0.1, -0.05) is 33.3 Å². The molecule has 1 saturated heterocycles. The summed E-state index contributed by atoms with van der Waals surface area (Å²) >= 11 is 0. The number of alkyl halides is 2. The summed E-state index contributed by atoms with van der Waals surface area (Å²) in [5, 5.41) is 12.4. The van der Waals surface area contributed by atoms with Gasteiger partial charge < -0.3 is 5.32 Å². The Balaban J connectivity index is 1.62. The van der Waals surface area contributed by atoms with Crippen LogP contribution in [0, 0.1) is 34.5 Å². The van der Waals surface area contributed by atoms with Crippen LogP contribution in [-0.2, 0) is 9.59 Å². The van der Waals surface area contributed by atoms with Crippen molar-refractivity contribution in [2.45, 2.75) is 68.5 Å². The van der Waals surface area contributed by atoms with Crippen LogP contribution in [0.1, 0.15) is 51.1 Å². The standard InChI is InChI=1S/C28H29F8N5O2S/c1-27(2)21-14-40(15-37)24(22(21)27)26(43)41(19-3-5-20(6-4-19)44(32,33,34,35)36)23(16-11-17(29)13-38-12-16)25(42)39-18-7-9-28(30,31)10-8-18/h3-6,11-13,18,21-24H,7-10,14H2,1-2H3,(H,39,42). The molecule has 44 heavy (non-hydrogen) atoms. The lowest BCUT2D eigenvalue weighted by atomic mass is 9.91. The predicted octanol–water partition coefficient (Wildman–Crippen LogP) is 7.08. The molecule has 2 saturated carbocycles. The molecule has 16 heteroatoms. The number of hydrogen-bond donors (Lipinski definition) is 1. The number of rotatable bonds is 7. The number of halogens is 8. The fraction of sp³-hybridized carbons (Fsp3) is 0.500. The van der Waals surface area contributed by atoms with E-state index in [0.717, 1.165) is 23.4 Å². The first-order chi connectivity index (χ1) is 20.1. The van der Waals surface area contributed by atoms with Gasteiger partial charge >= 0.3 is 10.2 Å². The van der Waals surface area contributed by atoms with Gasteiger partial charge in [-0.15, -0.1) is 0 Å². The Morgan fingerprint density at radius 1 is 1.09 bits per heavy atom. The van der Waals surface area contributed by atoms with E-state index in [2.05, 4.69) is 10.3 Å². The fourth-order valence-corrected chi connectivity index (χ4v) is 7.19. The Kier molecular flexibility index (Phi) is 7.01. The lowest BCUT2D eigenvalue weighted by Crippen LogP contribution is -2.53. The number of nitrogens with one attached hydrogen (secondary N) is 1. The molecule has 240 valence electrons. The van der Waals surface area contributed by atoms with Crippen LogP contribution < -0.4 is 10.2 Å². The maximum Gasteiger partial charge on any atom is 0.310 e. The van der Waals surface area contributed by atoms with Gasteiger partial charge in [0.1, 0.15) is 22.8 Å². The number of piperidine rings is 1. The Hall–Kier alpha value is -3.61. The van der Waals surface area contributed by atoms with Crippen molar-refractivity contribution in [3.63, 3.8) is 0 Å². The van der Waals surface area contributed by atoms with Crippen molar-refractivity contribution in [2.24, 2.45) is 17.3 Å². The van der Waals surface area contributed by atoms with Gasteiger partial charge in [-0.05, 0) is 60.4 Å². The van der Waals surface area contributed by atoms with Crippen LogP contribution >= 0.6 is 10.2 Å². The second-order valence-corrected chi connectivity index (χ2v) is 14.7. The summed E-state index contributed by atoms with van der Waals surface area (Å²) in [4.78, 5) is 31.7. The van der Waals surface area contributed by atoms with E-state index in [1.54, 1.807) is 0 Å². The van der Waals surface area contributed by atoms with Gasteiger partial charge in [-0.25, -0.2) is 13.2 Å². The van der Waals surface area contributed by atoms with Crippen LogP contribution in [0.25, 0.3) is 0 Å². The molecule has 0 spiro atoms. The van der Waals surface area contributed by atoms with E-state index in [1.807, 2.05) is 20.0 Å². The number of nitriles is 1. The summed E-state index contributed by atoms with van der Waals surface area (Å²) in [5.74, 6) is -6.24. The molecule has 1 aromatic heterocycles. The normalized spacial score (nSPS) is 26.4. The Bertz CT molecular complexity index is 1520. The molecule has 3 fully saturated rings. The van der Waals surface area contributed by atoms with Crippen molar-refractivity contribution < 1.29 is 42.2 Å². The van der Waals surface area contributed by atoms with Crippen LogP contribution in [0.15, 0.2) is 47.6 Å². The van der Waals surface area contributed by atoms with Crippen LogP contribution in [0.4, 0.5) is 38.3 Å². The zero-order valence-electron chi connectivity index (χ0n) is 23.5. The number of likely N-dealkylation sites (tertiary alicyclic amines) is 1. The molecule has 5 rings (SSSR count). The average molecular weight is 652 g/mol. The highest BCUT2D eigenvalue weighted by atomic mass is 32.5. The lowest BCUT2D eigenvalue weighted by Gasteiger charge is -2.41. The van der Waals surface area contributed by atoms with Crippen molar-refractivity contribution in [1.29, 1.82) is 5.26 Å². The lowest BCUT2D eigenvalue weighted by molar-refractivity contribution is -0.129. The first kappa shape index (κ1) is 31.8. The van der Waals surface area contributed by atoms with Crippen molar-refractivity contribution in [3.8, 4) is 6.19 Å². The Morgan fingerprint density at radius 2 is 1.70 bits per heavy atom. The number of amides is 2. The third-order valence-electron chi connectivity index (χ3n) is 9.00. The quantitative estimate of drug-likeness (QED) is 0.255. The van der Waals surface area contributed by atoms with Gasteiger partial charge in [0.25, 0.3) is 5.91 Å².